The van der Waals surface area contributed by atoms with Crippen molar-refractivity contribution in [1.82, 2.24) is 14.9 Å². The molecule has 0 amide bonds. The Labute approximate surface area is 142 Å². The van der Waals surface area contributed by atoms with Crippen molar-refractivity contribution in [2.45, 2.75) is 26.2 Å². The predicted octanol–water partition coefficient (Wildman–Crippen LogP) is 2.16. The van der Waals surface area contributed by atoms with E-state index >= 15 is 0 Å². The number of hydrogen-bond donors (Lipinski definition) is 1. The Morgan fingerprint density at radius 3 is 2.92 bits per heavy atom. The summed E-state index contributed by atoms with van der Waals surface area (Å²) >= 11 is 5.12. The standard InChI is InChI=1S/C14H17N5O4S/c1-3-4-5-12-16-17-14(24)18(12)15-8-9-6-10(19(21)22)13(20)11(7-9)23-2/h6-8,20H,3-5H2,1-2H3,(H,17,24)/p-1/b15-8-. The van der Waals surface area contributed by atoms with Gasteiger partial charge in [-0.2, -0.15) is 14.9 Å². The van der Waals surface area contributed by atoms with Gasteiger partial charge in [0.1, 0.15) is 5.75 Å². The maximum Gasteiger partial charge on any atom is 0.266 e. The number of nitro groups is 1. The molecular formula is C14H16N5O4S-. The third-order valence-corrected chi connectivity index (χ3v) is 3.53. The van der Waals surface area contributed by atoms with Crippen molar-refractivity contribution >= 4 is 24.1 Å². The van der Waals surface area contributed by atoms with Gasteiger partial charge in [-0.3, -0.25) is 15.2 Å². The summed E-state index contributed by atoms with van der Waals surface area (Å²) in [4.78, 5) is 10.2. The van der Waals surface area contributed by atoms with E-state index in [9.17, 15) is 15.2 Å². The molecule has 0 aliphatic carbocycles. The van der Waals surface area contributed by atoms with Crippen molar-refractivity contribution in [2.75, 3.05) is 7.11 Å². The van der Waals surface area contributed by atoms with Crippen molar-refractivity contribution in [1.29, 1.82) is 0 Å². The Morgan fingerprint density at radius 2 is 2.29 bits per heavy atom. The van der Waals surface area contributed by atoms with Crippen LogP contribution in [0.4, 0.5) is 5.69 Å². The molecule has 0 atom stereocenters. The van der Waals surface area contributed by atoms with Gasteiger partial charge in [0.2, 0.25) is 4.77 Å². The molecule has 0 saturated heterocycles. The van der Waals surface area contributed by atoms with Gasteiger partial charge in [0, 0.05) is 23.8 Å². The molecule has 2 aromatic rings. The fourth-order valence-electron chi connectivity index (χ4n) is 2.03. The molecule has 10 heteroatoms. The first-order valence-corrected chi connectivity index (χ1v) is 7.62. The van der Waals surface area contributed by atoms with E-state index in [0.717, 1.165) is 18.9 Å². The van der Waals surface area contributed by atoms with Crippen LogP contribution in [-0.4, -0.2) is 33.1 Å². The number of aromatic amines is 1. The number of methoxy groups -OCH3 is 1. The number of H-pyrrole nitrogens is 1. The molecule has 24 heavy (non-hydrogen) atoms. The number of unbranched alkanes of at least 4 members (excludes halogenated alkanes) is 1. The van der Waals surface area contributed by atoms with Crippen LogP contribution in [-0.2, 0) is 6.42 Å². The fourth-order valence-corrected chi connectivity index (χ4v) is 2.23. The summed E-state index contributed by atoms with van der Waals surface area (Å²) in [7, 11) is 1.27. The molecule has 9 nitrogen and oxygen atoms in total. The van der Waals surface area contributed by atoms with Crippen LogP contribution < -0.4 is 9.84 Å². The van der Waals surface area contributed by atoms with Gasteiger partial charge in [0.25, 0.3) is 5.69 Å². The van der Waals surface area contributed by atoms with Gasteiger partial charge in [-0.05, 0) is 24.7 Å². The van der Waals surface area contributed by atoms with Crippen molar-refractivity contribution in [3.05, 3.63) is 38.4 Å². The van der Waals surface area contributed by atoms with Crippen LogP contribution in [0.1, 0.15) is 31.2 Å². The summed E-state index contributed by atoms with van der Waals surface area (Å²) in [6.45, 7) is 2.06. The van der Waals surface area contributed by atoms with Crippen molar-refractivity contribution in [2.24, 2.45) is 5.10 Å². The van der Waals surface area contributed by atoms with E-state index in [1.165, 1.54) is 24.1 Å². The Bertz CT molecular complexity index is 827. The zero-order valence-corrected chi connectivity index (χ0v) is 14.0. The lowest BCUT2D eigenvalue weighted by Gasteiger charge is -2.12. The number of rotatable bonds is 7. The maximum atomic E-state index is 11.8. The van der Waals surface area contributed by atoms with Crippen molar-refractivity contribution in [3.8, 4) is 11.5 Å². The number of nitrogens with one attached hydrogen (secondary N) is 1. The minimum absolute atomic E-state index is 0.118. The molecular weight excluding hydrogens is 334 g/mol. The molecule has 1 N–H and O–H groups in total. The maximum absolute atomic E-state index is 11.8. The molecule has 0 aliphatic rings. The van der Waals surface area contributed by atoms with Crippen molar-refractivity contribution in [3.63, 3.8) is 0 Å². The van der Waals surface area contributed by atoms with Crippen LogP contribution in [0.5, 0.6) is 11.5 Å². The molecule has 0 unspecified atom stereocenters. The Kier molecular flexibility index (Phi) is 5.64. The summed E-state index contributed by atoms with van der Waals surface area (Å²) in [6, 6.07) is 2.53. The average Bonchev–Trinajstić information content (AvgIpc) is 2.91. The second-order valence-electron chi connectivity index (χ2n) is 4.93. The number of nitrogens with zero attached hydrogens (tertiary/aromatic N) is 4. The molecule has 1 aromatic heterocycles. The molecule has 2 rings (SSSR count). The summed E-state index contributed by atoms with van der Waals surface area (Å²) in [5.41, 5.74) is -0.222. The van der Waals surface area contributed by atoms with Crippen LogP contribution in [0.15, 0.2) is 17.2 Å². The molecule has 0 saturated carbocycles. The molecule has 0 bridgehead atoms. The molecule has 1 aromatic carbocycles. The Hall–Kier alpha value is -2.75. The first-order valence-electron chi connectivity index (χ1n) is 7.22. The van der Waals surface area contributed by atoms with E-state index in [1.807, 2.05) is 0 Å². The topological polar surface area (TPSA) is 121 Å². The normalized spacial score (nSPS) is 11.1. The molecule has 1 heterocycles. The zero-order chi connectivity index (χ0) is 17.7. The van der Waals surface area contributed by atoms with Gasteiger partial charge in [0.05, 0.1) is 18.2 Å². The van der Waals surface area contributed by atoms with Crippen LogP contribution in [0.3, 0.4) is 0 Å². The molecule has 0 aliphatic heterocycles. The number of nitro benzene ring substituents is 1. The van der Waals surface area contributed by atoms with E-state index in [2.05, 4.69) is 22.2 Å². The smallest absolute Gasteiger partial charge is 0.266 e. The summed E-state index contributed by atoms with van der Waals surface area (Å²) in [5.74, 6) is -0.226. The van der Waals surface area contributed by atoms with Gasteiger partial charge < -0.3 is 9.84 Å². The SMILES string of the molecule is CCCCc1n[nH]c(=S)n1/N=C\c1cc(OC)c([O-])c([N+](=O)[O-])c1. The lowest BCUT2D eigenvalue weighted by molar-refractivity contribution is -0.398. The Balaban J connectivity index is 2.39. The highest BCUT2D eigenvalue weighted by Crippen LogP contribution is 2.33. The third-order valence-electron chi connectivity index (χ3n) is 3.27. The number of benzene rings is 1. The largest absolute Gasteiger partial charge is 0.865 e. The van der Waals surface area contributed by atoms with Gasteiger partial charge in [-0.15, -0.1) is 0 Å². The molecule has 128 valence electrons. The van der Waals surface area contributed by atoms with Gasteiger partial charge in [-0.1, -0.05) is 13.3 Å². The first kappa shape index (κ1) is 17.6. The van der Waals surface area contributed by atoms with E-state index < -0.39 is 16.4 Å². The highest BCUT2D eigenvalue weighted by atomic mass is 32.1. The number of hydrogen-bond acceptors (Lipinski definition) is 7. The number of aromatic nitrogens is 3. The number of aryl methyl sites for hydroxylation is 1. The van der Waals surface area contributed by atoms with E-state index in [0.29, 0.717) is 22.6 Å². The highest BCUT2D eigenvalue weighted by Gasteiger charge is 2.13. The summed E-state index contributed by atoms with van der Waals surface area (Å²) in [6.07, 6.45) is 4.00. The van der Waals surface area contributed by atoms with Crippen LogP contribution in [0, 0.1) is 14.9 Å². The molecule has 0 radical (unpaired) electrons. The van der Waals surface area contributed by atoms with Crippen LogP contribution in [0.2, 0.25) is 0 Å². The highest BCUT2D eigenvalue weighted by molar-refractivity contribution is 7.71. The van der Waals surface area contributed by atoms with Crippen LogP contribution >= 0.6 is 12.2 Å². The first-order chi connectivity index (χ1) is 11.5. The van der Waals surface area contributed by atoms with E-state index in [1.54, 1.807) is 0 Å². The quantitative estimate of drug-likeness (QED) is 0.353. The van der Waals surface area contributed by atoms with Crippen LogP contribution in [0.25, 0.3) is 0 Å². The van der Waals surface area contributed by atoms with Crippen molar-refractivity contribution < 1.29 is 14.8 Å². The van der Waals surface area contributed by atoms with E-state index in [4.69, 9.17) is 17.0 Å². The lowest BCUT2D eigenvalue weighted by Crippen LogP contribution is -2.03. The van der Waals surface area contributed by atoms with Gasteiger partial charge in [-0.25, -0.2) is 0 Å². The van der Waals surface area contributed by atoms with Gasteiger partial charge >= 0.3 is 0 Å². The minimum Gasteiger partial charge on any atom is -0.865 e. The molecule has 0 fully saturated rings. The van der Waals surface area contributed by atoms with Gasteiger partial charge in [0.15, 0.2) is 5.82 Å². The number of ether oxygens (including phenoxy) is 1. The second kappa shape index (κ2) is 7.68. The molecule has 0 spiro atoms. The zero-order valence-electron chi connectivity index (χ0n) is 13.2. The lowest BCUT2D eigenvalue weighted by atomic mass is 10.2. The monoisotopic (exact) mass is 350 g/mol. The summed E-state index contributed by atoms with van der Waals surface area (Å²) < 4.78 is 6.66. The minimum atomic E-state index is -0.775. The fraction of sp³-hybridized carbons (Fsp3) is 0.357. The third kappa shape index (κ3) is 3.77. The Morgan fingerprint density at radius 1 is 1.54 bits per heavy atom. The average molecular weight is 350 g/mol. The van der Waals surface area contributed by atoms with E-state index in [-0.39, 0.29) is 5.75 Å². The summed E-state index contributed by atoms with van der Waals surface area (Å²) in [5, 5.41) is 33.8. The second-order valence-corrected chi connectivity index (χ2v) is 5.32. The predicted molar refractivity (Wildman–Crippen MR) is 88.1 cm³/mol.